The molecule has 6 heteroatoms. The molecule has 3 aromatic rings. The van der Waals surface area contributed by atoms with Crippen molar-refractivity contribution in [2.45, 2.75) is 37.0 Å². The zero-order chi connectivity index (χ0) is 19.2. The number of aromatic nitrogens is 1. The number of hydrogen-bond acceptors (Lipinski definition) is 2. The first-order valence-electron chi connectivity index (χ1n) is 8.93. The lowest BCUT2D eigenvalue weighted by Crippen LogP contribution is -2.14. The van der Waals surface area contributed by atoms with E-state index in [-0.39, 0.29) is 10.7 Å². The maximum Gasteiger partial charge on any atom is 0.268 e. The molecule has 2 aromatic carbocycles. The van der Waals surface area contributed by atoms with Gasteiger partial charge < -0.3 is 0 Å². The number of benzene rings is 2. The molecule has 0 bridgehead atoms. The highest BCUT2D eigenvalue weighted by Gasteiger charge is 2.32. The van der Waals surface area contributed by atoms with E-state index in [0.717, 1.165) is 30.4 Å². The third kappa shape index (κ3) is 3.09. The predicted octanol–water partition coefficient (Wildman–Crippen LogP) is 5.62. The van der Waals surface area contributed by atoms with Crippen LogP contribution in [0.4, 0.5) is 4.39 Å². The molecule has 0 spiro atoms. The van der Waals surface area contributed by atoms with Crippen LogP contribution in [0.3, 0.4) is 0 Å². The SMILES string of the molecule is CCC1CCc2c1cn(S(=O)(=O)c1cccc(Cl)c1)c2-c1cccc(F)c1. The Morgan fingerprint density at radius 1 is 1.19 bits per heavy atom. The molecule has 4 rings (SSSR count). The molecule has 3 nitrogen and oxygen atoms in total. The van der Waals surface area contributed by atoms with Crippen LogP contribution in [0.1, 0.15) is 36.8 Å². The minimum atomic E-state index is -3.85. The average Bonchev–Trinajstić information content (AvgIpc) is 3.20. The Kier molecular flexibility index (Phi) is 4.60. The first-order valence-corrected chi connectivity index (χ1v) is 10.7. The van der Waals surface area contributed by atoms with Crippen LogP contribution in [-0.4, -0.2) is 12.4 Å². The minimum Gasteiger partial charge on any atom is -0.241 e. The van der Waals surface area contributed by atoms with Crippen molar-refractivity contribution < 1.29 is 12.8 Å². The summed E-state index contributed by atoms with van der Waals surface area (Å²) in [5.41, 5.74) is 3.17. The monoisotopic (exact) mass is 403 g/mol. The third-order valence-electron chi connectivity index (χ3n) is 5.24. The number of hydrogen-bond donors (Lipinski definition) is 0. The largest absolute Gasteiger partial charge is 0.268 e. The lowest BCUT2D eigenvalue weighted by molar-refractivity contribution is 0.586. The van der Waals surface area contributed by atoms with Gasteiger partial charge in [0.05, 0.1) is 10.6 Å². The van der Waals surface area contributed by atoms with Crippen molar-refractivity contribution in [3.8, 4) is 11.3 Å². The molecule has 0 saturated carbocycles. The second kappa shape index (κ2) is 6.80. The van der Waals surface area contributed by atoms with Gasteiger partial charge in [-0.25, -0.2) is 16.8 Å². The highest BCUT2D eigenvalue weighted by molar-refractivity contribution is 7.90. The number of halogens is 2. The number of nitrogens with zero attached hydrogens (tertiary/aromatic N) is 1. The van der Waals surface area contributed by atoms with Crippen LogP contribution in [0, 0.1) is 5.82 Å². The van der Waals surface area contributed by atoms with Crippen molar-refractivity contribution in [3.05, 3.63) is 76.7 Å². The van der Waals surface area contributed by atoms with Gasteiger partial charge in [0, 0.05) is 16.8 Å². The van der Waals surface area contributed by atoms with E-state index in [1.54, 1.807) is 30.5 Å². The van der Waals surface area contributed by atoms with Gasteiger partial charge in [0.25, 0.3) is 10.0 Å². The third-order valence-corrected chi connectivity index (χ3v) is 7.13. The van der Waals surface area contributed by atoms with E-state index in [0.29, 0.717) is 22.2 Å². The van der Waals surface area contributed by atoms with Gasteiger partial charge in [-0.2, -0.15) is 0 Å². The van der Waals surface area contributed by atoms with E-state index in [2.05, 4.69) is 6.92 Å². The van der Waals surface area contributed by atoms with Gasteiger partial charge in [-0.3, -0.25) is 0 Å². The summed E-state index contributed by atoms with van der Waals surface area (Å²) in [5.74, 6) is -0.0673. The van der Waals surface area contributed by atoms with Crippen LogP contribution in [-0.2, 0) is 16.4 Å². The number of fused-ring (bicyclic) bond motifs is 1. The van der Waals surface area contributed by atoms with Crippen molar-refractivity contribution in [1.29, 1.82) is 0 Å². The van der Waals surface area contributed by atoms with E-state index in [4.69, 9.17) is 11.6 Å². The lowest BCUT2D eigenvalue weighted by atomic mass is 10.0. The van der Waals surface area contributed by atoms with Gasteiger partial charge in [0.2, 0.25) is 0 Å². The highest BCUT2D eigenvalue weighted by atomic mass is 35.5. The Labute approximate surface area is 163 Å². The second-order valence-corrected chi connectivity index (χ2v) is 9.08. The van der Waals surface area contributed by atoms with Crippen molar-refractivity contribution >= 4 is 21.6 Å². The second-order valence-electron chi connectivity index (χ2n) is 6.82. The molecule has 0 N–H and O–H groups in total. The Bertz CT molecular complexity index is 1120. The quantitative estimate of drug-likeness (QED) is 0.566. The topological polar surface area (TPSA) is 39.1 Å². The summed E-state index contributed by atoms with van der Waals surface area (Å²) in [6, 6.07) is 12.3. The molecule has 0 radical (unpaired) electrons. The fourth-order valence-electron chi connectivity index (χ4n) is 3.92. The lowest BCUT2D eigenvalue weighted by Gasteiger charge is -2.13. The molecular formula is C21H19ClFNO2S. The summed E-state index contributed by atoms with van der Waals surface area (Å²) >= 11 is 6.01. The standard InChI is InChI=1S/C21H19ClFNO2S/c1-2-14-9-10-19-20(14)13-24(21(19)15-5-3-7-17(23)11-15)27(25,26)18-8-4-6-16(22)12-18/h3-8,11-14H,2,9-10H2,1H3. The Hall–Kier alpha value is -2.11. The first kappa shape index (κ1) is 18.3. The predicted molar refractivity (Wildman–Crippen MR) is 105 cm³/mol. The zero-order valence-corrected chi connectivity index (χ0v) is 16.4. The molecular weight excluding hydrogens is 385 g/mol. The van der Waals surface area contributed by atoms with Crippen molar-refractivity contribution in [2.24, 2.45) is 0 Å². The Morgan fingerprint density at radius 2 is 1.96 bits per heavy atom. The van der Waals surface area contributed by atoms with E-state index in [1.807, 2.05) is 0 Å². The van der Waals surface area contributed by atoms with Crippen LogP contribution in [0.2, 0.25) is 5.02 Å². The summed E-state index contributed by atoms with van der Waals surface area (Å²) in [6.45, 7) is 2.10. The number of rotatable bonds is 4. The maximum atomic E-state index is 13.9. The summed E-state index contributed by atoms with van der Waals surface area (Å²) < 4.78 is 41.9. The first-order chi connectivity index (χ1) is 12.9. The fraction of sp³-hybridized carbons (Fsp3) is 0.238. The van der Waals surface area contributed by atoms with E-state index < -0.39 is 10.0 Å². The zero-order valence-electron chi connectivity index (χ0n) is 14.8. The van der Waals surface area contributed by atoms with Crippen LogP contribution in [0.25, 0.3) is 11.3 Å². The van der Waals surface area contributed by atoms with Gasteiger partial charge in [0.15, 0.2) is 0 Å². The van der Waals surface area contributed by atoms with Gasteiger partial charge >= 0.3 is 0 Å². The van der Waals surface area contributed by atoms with Crippen molar-refractivity contribution in [2.75, 3.05) is 0 Å². The molecule has 0 amide bonds. The minimum absolute atomic E-state index is 0.120. The molecule has 27 heavy (non-hydrogen) atoms. The molecule has 1 heterocycles. The van der Waals surface area contributed by atoms with Gasteiger partial charge in [0.1, 0.15) is 5.82 Å². The van der Waals surface area contributed by atoms with Crippen molar-refractivity contribution in [3.63, 3.8) is 0 Å². The Morgan fingerprint density at radius 3 is 2.67 bits per heavy atom. The summed E-state index contributed by atoms with van der Waals surface area (Å²) in [7, 11) is -3.85. The van der Waals surface area contributed by atoms with Crippen LogP contribution < -0.4 is 0 Å². The van der Waals surface area contributed by atoms with Crippen LogP contribution in [0.15, 0.2) is 59.6 Å². The maximum absolute atomic E-state index is 13.9. The van der Waals surface area contributed by atoms with Gasteiger partial charge in [-0.15, -0.1) is 0 Å². The molecule has 0 saturated heterocycles. The molecule has 1 atom stereocenters. The molecule has 1 unspecified atom stereocenters. The van der Waals surface area contributed by atoms with Crippen molar-refractivity contribution in [1.82, 2.24) is 3.97 Å². The summed E-state index contributed by atoms with van der Waals surface area (Å²) in [5, 5.41) is 0.356. The van der Waals surface area contributed by atoms with Crippen LogP contribution >= 0.6 is 11.6 Å². The Balaban J connectivity index is 1.98. The van der Waals surface area contributed by atoms with E-state index >= 15 is 0 Å². The van der Waals surface area contributed by atoms with E-state index in [9.17, 15) is 12.8 Å². The van der Waals surface area contributed by atoms with Gasteiger partial charge in [-0.1, -0.05) is 36.7 Å². The fourth-order valence-corrected chi connectivity index (χ4v) is 5.64. The molecule has 1 aliphatic rings. The average molecular weight is 404 g/mol. The molecule has 0 aliphatic heterocycles. The summed E-state index contributed by atoms with van der Waals surface area (Å²) in [6.07, 6.45) is 4.43. The summed E-state index contributed by atoms with van der Waals surface area (Å²) in [4.78, 5) is 0.120. The molecule has 140 valence electrons. The molecule has 0 fully saturated rings. The normalized spacial score (nSPS) is 16.5. The van der Waals surface area contributed by atoms with Gasteiger partial charge in [-0.05, 0) is 66.6 Å². The van der Waals surface area contributed by atoms with E-state index in [1.165, 1.54) is 28.2 Å². The highest BCUT2D eigenvalue weighted by Crippen LogP contribution is 2.43. The molecule has 1 aromatic heterocycles. The van der Waals surface area contributed by atoms with Crippen LogP contribution in [0.5, 0.6) is 0 Å². The molecule has 1 aliphatic carbocycles. The smallest absolute Gasteiger partial charge is 0.241 e.